The molecule has 22 heavy (non-hydrogen) atoms. The predicted octanol–water partition coefficient (Wildman–Crippen LogP) is 4.07. The van der Waals surface area contributed by atoms with Gasteiger partial charge in [0, 0.05) is 25.7 Å². The van der Waals surface area contributed by atoms with Crippen molar-refractivity contribution in [3.05, 3.63) is 23.8 Å². The zero-order chi connectivity index (χ0) is 16.1. The fraction of sp³-hybridized carbons (Fsp3) is 0.684. The van der Waals surface area contributed by atoms with Gasteiger partial charge in [-0.15, -0.1) is 0 Å². The first-order chi connectivity index (χ1) is 10.5. The van der Waals surface area contributed by atoms with Crippen LogP contribution in [0.15, 0.2) is 18.2 Å². The molecule has 1 N–H and O–H groups in total. The quantitative estimate of drug-likeness (QED) is 0.857. The minimum absolute atomic E-state index is 0.550. The van der Waals surface area contributed by atoms with E-state index >= 15 is 0 Å². The second-order valence-electron chi connectivity index (χ2n) is 7.05. The molecule has 0 saturated carbocycles. The normalized spacial score (nSPS) is 23.4. The van der Waals surface area contributed by atoms with Crippen molar-refractivity contribution in [3.8, 4) is 5.75 Å². The van der Waals surface area contributed by atoms with Crippen LogP contribution in [0.4, 0.5) is 5.69 Å². The second kappa shape index (κ2) is 7.87. The fourth-order valence-electron chi connectivity index (χ4n) is 3.39. The number of anilines is 1. The van der Waals surface area contributed by atoms with Gasteiger partial charge in [0.05, 0.1) is 12.8 Å². The van der Waals surface area contributed by atoms with E-state index < -0.39 is 0 Å². The molecule has 1 aromatic carbocycles. The van der Waals surface area contributed by atoms with Gasteiger partial charge in [-0.2, -0.15) is 0 Å². The largest absolute Gasteiger partial charge is 0.495 e. The van der Waals surface area contributed by atoms with Crippen molar-refractivity contribution in [2.24, 2.45) is 11.8 Å². The van der Waals surface area contributed by atoms with E-state index in [-0.39, 0.29) is 0 Å². The molecular weight excluding hydrogens is 272 g/mol. The Labute approximate surface area is 136 Å². The molecule has 3 unspecified atom stereocenters. The molecular formula is C19H32N2O. The Balaban J connectivity index is 2.11. The van der Waals surface area contributed by atoms with Crippen molar-refractivity contribution < 1.29 is 4.74 Å². The topological polar surface area (TPSA) is 24.5 Å². The molecule has 0 aliphatic carbocycles. The van der Waals surface area contributed by atoms with Crippen molar-refractivity contribution in [3.63, 3.8) is 0 Å². The molecule has 0 bridgehead atoms. The molecule has 1 fully saturated rings. The van der Waals surface area contributed by atoms with E-state index in [1.807, 2.05) is 0 Å². The number of piperidine rings is 1. The fourth-order valence-corrected chi connectivity index (χ4v) is 3.39. The van der Waals surface area contributed by atoms with Crippen molar-refractivity contribution >= 4 is 5.69 Å². The number of hydrogen-bond acceptors (Lipinski definition) is 3. The van der Waals surface area contributed by atoms with Crippen LogP contribution in [-0.2, 0) is 6.54 Å². The van der Waals surface area contributed by atoms with Crippen LogP contribution in [0.1, 0.15) is 46.1 Å². The van der Waals surface area contributed by atoms with Crippen molar-refractivity contribution in [2.45, 2.75) is 53.1 Å². The molecule has 3 atom stereocenters. The van der Waals surface area contributed by atoms with Gasteiger partial charge in [-0.1, -0.05) is 26.8 Å². The first-order valence-corrected chi connectivity index (χ1v) is 8.68. The standard InChI is InChI=1S/C19H32N2O/c1-6-16(4)20-11-17-7-8-18(19(10-17)22-5)21-12-14(2)9-15(3)13-21/h7-8,10,14-16,20H,6,9,11-13H2,1-5H3. The predicted molar refractivity (Wildman–Crippen MR) is 94.7 cm³/mol. The van der Waals surface area contributed by atoms with Gasteiger partial charge >= 0.3 is 0 Å². The van der Waals surface area contributed by atoms with E-state index in [4.69, 9.17) is 4.74 Å². The van der Waals surface area contributed by atoms with Gasteiger partial charge in [0.15, 0.2) is 0 Å². The molecule has 1 heterocycles. The Kier molecular flexibility index (Phi) is 6.13. The third kappa shape index (κ3) is 4.39. The van der Waals surface area contributed by atoms with Crippen LogP contribution in [0.25, 0.3) is 0 Å². The Morgan fingerprint density at radius 2 is 1.95 bits per heavy atom. The van der Waals surface area contributed by atoms with Crippen molar-refractivity contribution in [1.29, 1.82) is 0 Å². The number of benzene rings is 1. The maximum atomic E-state index is 5.67. The van der Waals surface area contributed by atoms with Crippen LogP contribution < -0.4 is 15.0 Å². The van der Waals surface area contributed by atoms with E-state index in [0.717, 1.165) is 43.6 Å². The molecule has 2 rings (SSSR count). The summed E-state index contributed by atoms with van der Waals surface area (Å²) in [6.45, 7) is 12.3. The SMILES string of the molecule is CCC(C)NCc1ccc(N2CC(C)CC(C)C2)c(OC)c1. The first-order valence-electron chi connectivity index (χ1n) is 8.68. The zero-order valence-corrected chi connectivity index (χ0v) is 14.9. The maximum absolute atomic E-state index is 5.67. The summed E-state index contributed by atoms with van der Waals surface area (Å²) in [5, 5.41) is 3.54. The van der Waals surface area contributed by atoms with Crippen LogP contribution in [0.5, 0.6) is 5.75 Å². The summed E-state index contributed by atoms with van der Waals surface area (Å²) in [6.07, 6.45) is 2.48. The van der Waals surface area contributed by atoms with Crippen molar-refractivity contribution in [2.75, 3.05) is 25.1 Å². The van der Waals surface area contributed by atoms with Gasteiger partial charge in [0.2, 0.25) is 0 Å². The minimum Gasteiger partial charge on any atom is -0.495 e. The lowest BCUT2D eigenvalue weighted by Crippen LogP contribution is -2.38. The van der Waals surface area contributed by atoms with Gasteiger partial charge in [-0.3, -0.25) is 0 Å². The summed E-state index contributed by atoms with van der Waals surface area (Å²) in [6, 6.07) is 7.21. The highest BCUT2D eigenvalue weighted by atomic mass is 16.5. The summed E-state index contributed by atoms with van der Waals surface area (Å²) in [5.41, 5.74) is 2.53. The van der Waals surface area contributed by atoms with Crippen LogP contribution in [0.2, 0.25) is 0 Å². The summed E-state index contributed by atoms with van der Waals surface area (Å²) in [4.78, 5) is 2.49. The van der Waals surface area contributed by atoms with Crippen LogP contribution >= 0.6 is 0 Å². The summed E-state index contributed by atoms with van der Waals surface area (Å²) < 4.78 is 5.67. The lowest BCUT2D eigenvalue weighted by molar-refractivity contribution is 0.351. The molecule has 1 aromatic rings. The van der Waals surface area contributed by atoms with E-state index in [9.17, 15) is 0 Å². The summed E-state index contributed by atoms with van der Waals surface area (Å²) in [7, 11) is 1.78. The first kappa shape index (κ1) is 17.1. The summed E-state index contributed by atoms with van der Waals surface area (Å²) in [5.74, 6) is 2.50. The van der Waals surface area contributed by atoms with Crippen LogP contribution in [-0.4, -0.2) is 26.2 Å². The highest BCUT2D eigenvalue weighted by Crippen LogP contribution is 2.33. The minimum atomic E-state index is 0.550. The molecule has 1 aliphatic rings. The summed E-state index contributed by atoms with van der Waals surface area (Å²) >= 11 is 0. The van der Waals surface area contributed by atoms with Gasteiger partial charge in [0.1, 0.15) is 5.75 Å². The third-order valence-corrected chi connectivity index (χ3v) is 4.72. The molecule has 0 spiro atoms. The number of nitrogens with one attached hydrogen (secondary N) is 1. The number of methoxy groups -OCH3 is 1. The number of hydrogen-bond donors (Lipinski definition) is 1. The van der Waals surface area contributed by atoms with E-state index in [1.165, 1.54) is 17.7 Å². The van der Waals surface area contributed by atoms with Crippen LogP contribution in [0.3, 0.4) is 0 Å². The molecule has 3 heteroatoms. The van der Waals surface area contributed by atoms with Crippen LogP contribution in [0, 0.1) is 11.8 Å². The van der Waals surface area contributed by atoms with Gasteiger partial charge in [-0.05, 0) is 49.3 Å². The Morgan fingerprint density at radius 1 is 1.27 bits per heavy atom. The van der Waals surface area contributed by atoms with Gasteiger partial charge in [-0.25, -0.2) is 0 Å². The molecule has 3 nitrogen and oxygen atoms in total. The average Bonchev–Trinajstić information content (AvgIpc) is 2.51. The van der Waals surface area contributed by atoms with Crippen molar-refractivity contribution in [1.82, 2.24) is 5.32 Å². The number of ether oxygens (including phenoxy) is 1. The lowest BCUT2D eigenvalue weighted by atomic mass is 9.91. The molecule has 0 radical (unpaired) electrons. The van der Waals surface area contributed by atoms with E-state index in [2.05, 4.69) is 56.1 Å². The van der Waals surface area contributed by atoms with Gasteiger partial charge < -0.3 is 15.0 Å². The molecule has 0 aromatic heterocycles. The number of nitrogens with zero attached hydrogens (tertiary/aromatic N) is 1. The smallest absolute Gasteiger partial charge is 0.142 e. The van der Waals surface area contributed by atoms with Gasteiger partial charge in [0.25, 0.3) is 0 Å². The molecule has 1 aliphatic heterocycles. The highest BCUT2D eigenvalue weighted by Gasteiger charge is 2.24. The average molecular weight is 304 g/mol. The van der Waals surface area contributed by atoms with E-state index in [1.54, 1.807) is 7.11 Å². The Morgan fingerprint density at radius 3 is 2.55 bits per heavy atom. The third-order valence-electron chi connectivity index (χ3n) is 4.72. The molecule has 1 saturated heterocycles. The number of rotatable bonds is 6. The highest BCUT2D eigenvalue weighted by molar-refractivity contribution is 5.60. The lowest BCUT2D eigenvalue weighted by Gasteiger charge is -2.37. The molecule has 124 valence electrons. The zero-order valence-electron chi connectivity index (χ0n) is 14.9. The maximum Gasteiger partial charge on any atom is 0.142 e. The second-order valence-corrected chi connectivity index (χ2v) is 7.05. The molecule has 0 amide bonds. The monoisotopic (exact) mass is 304 g/mol. The Hall–Kier alpha value is -1.22. The van der Waals surface area contributed by atoms with E-state index in [0.29, 0.717) is 6.04 Å². The Bertz CT molecular complexity index is 465.